The molecule has 1 N–H and O–H groups in total. The number of halogens is 1. The van der Waals surface area contributed by atoms with Gasteiger partial charge in [0.15, 0.2) is 0 Å². The Hall–Kier alpha value is -0.390. The summed E-state index contributed by atoms with van der Waals surface area (Å²) >= 11 is 3.30. The molecule has 1 aromatic carbocycles. The number of aliphatic hydroxyl groups excluding tert-OH is 1. The van der Waals surface area contributed by atoms with Crippen molar-refractivity contribution in [1.82, 2.24) is 0 Å². The number of benzene rings is 1. The van der Waals surface area contributed by atoms with Crippen LogP contribution in [0.4, 0.5) is 0 Å². The second kappa shape index (κ2) is 8.46. The maximum absolute atomic E-state index is 13.0. The summed E-state index contributed by atoms with van der Waals surface area (Å²) in [5.74, 6) is 0.683. The Morgan fingerprint density at radius 2 is 1.50 bits per heavy atom. The maximum atomic E-state index is 13.0. The van der Waals surface area contributed by atoms with E-state index >= 15 is 0 Å². The molecule has 1 rings (SSSR count). The summed E-state index contributed by atoms with van der Waals surface area (Å²) < 4.78 is 28.2. The van der Waals surface area contributed by atoms with Gasteiger partial charge in [-0.1, -0.05) is 28.1 Å². The lowest BCUT2D eigenvalue weighted by molar-refractivity contribution is 0.122. The average molecular weight is 395 g/mol. The van der Waals surface area contributed by atoms with Crippen LogP contribution in [0.1, 0.15) is 39.4 Å². The number of hydrogen-bond donors (Lipinski definition) is 1. The van der Waals surface area contributed by atoms with Crippen LogP contribution in [0.2, 0.25) is 0 Å². The van der Waals surface area contributed by atoms with Gasteiger partial charge in [0.1, 0.15) is 16.4 Å². The molecule has 0 aliphatic rings. The second-order valence-electron chi connectivity index (χ2n) is 5.44. The number of hydrogen-bond acceptors (Lipinski definition) is 5. The van der Waals surface area contributed by atoms with E-state index in [1.807, 2.05) is 0 Å². The molecule has 0 spiro atoms. The Morgan fingerprint density at radius 1 is 1.05 bits per heavy atom. The number of methoxy groups -OCH3 is 1. The van der Waals surface area contributed by atoms with Crippen LogP contribution in [-0.4, -0.2) is 29.0 Å². The van der Waals surface area contributed by atoms with Crippen molar-refractivity contribution in [1.29, 1.82) is 0 Å². The fourth-order valence-electron chi connectivity index (χ4n) is 1.86. The van der Waals surface area contributed by atoms with Gasteiger partial charge in [0.05, 0.1) is 19.3 Å². The van der Waals surface area contributed by atoms with Crippen molar-refractivity contribution in [3.05, 3.63) is 29.8 Å². The first-order chi connectivity index (χ1) is 10.2. The molecule has 0 bridgehead atoms. The molecule has 22 heavy (non-hydrogen) atoms. The normalized spacial score (nSPS) is 15.1. The van der Waals surface area contributed by atoms with E-state index in [-0.39, 0.29) is 12.2 Å². The molecule has 0 fully saturated rings. The molecule has 0 unspecified atom stereocenters. The smallest absolute Gasteiger partial charge is 0.347 e. The molecular formula is C15H24BrO5P. The van der Waals surface area contributed by atoms with E-state index in [2.05, 4.69) is 15.9 Å². The first-order valence-electron chi connectivity index (χ1n) is 7.12. The van der Waals surface area contributed by atoms with Crippen LogP contribution in [0.3, 0.4) is 0 Å². The molecule has 0 saturated carbocycles. The van der Waals surface area contributed by atoms with Crippen molar-refractivity contribution in [2.75, 3.05) is 7.11 Å². The Bertz CT molecular complexity index is 489. The van der Waals surface area contributed by atoms with E-state index < -0.39 is 18.3 Å². The molecule has 0 amide bonds. The molecule has 1 aromatic rings. The fourth-order valence-corrected chi connectivity index (χ4v) is 4.72. The standard InChI is InChI=1S/C15H24BrO5P/c1-10(2)20-22(18,21-11(3)4)15(16)14(17)12-6-8-13(19-5)9-7-12/h6-11,14-15,17H,1-5H3/t14-,15-/m1/s1. The summed E-state index contributed by atoms with van der Waals surface area (Å²) in [7, 11) is -1.96. The predicted octanol–water partition coefficient (Wildman–Crippen LogP) is 4.49. The topological polar surface area (TPSA) is 65.0 Å². The average Bonchev–Trinajstić information content (AvgIpc) is 2.44. The Kier molecular flexibility index (Phi) is 7.56. The van der Waals surface area contributed by atoms with Gasteiger partial charge in [0.25, 0.3) is 0 Å². The highest BCUT2D eigenvalue weighted by molar-refractivity contribution is 9.10. The maximum Gasteiger partial charge on any atom is 0.347 e. The van der Waals surface area contributed by atoms with Gasteiger partial charge in [0, 0.05) is 0 Å². The van der Waals surface area contributed by atoms with Crippen LogP contribution in [0, 0.1) is 0 Å². The molecule has 7 heteroatoms. The van der Waals surface area contributed by atoms with Crippen LogP contribution in [0.15, 0.2) is 24.3 Å². The van der Waals surface area contributed by atoms with Crippen molar-refractivity contribution in [2.24, 2.45) is 0 Å². The summed E-state index contributed by atoms with van der Waals surface area (Å²) in [5.41, 5.74) is 0.600. The van der Waals surface area contributed by atoms with Crippen molar-refractivity contribution in [3.63, 3.8) is 0 Å². The second-order valence-corrected chi connectivity index (χ2v) is 9.19. The van der Waals surface area contributed by atoms with Crippen LogP contribution in [-0.2, 0) is 13.6 Å². The van der Waals surface area contributed by atoms with Crippen LogP contribution in [0.5, 0.6) is 5.75 Å². The van der Waals surface area contributed by atoms with Gasteiger partial charge in [-0.25, -0.2) is 0 Å². The zero-order chi connectivity index (χ0) is 16.9. The molecule has 0 saturated heterocycles. The van der Waals surface area contributed by atoms with Gasteiger partial charge in [-0.05, 0) is 45.4 Å². The Labute approximate surface area is 140 Å². The van der Waals surface area contributed by atoms with Crippen molar-refractivity contribution < 1.29 is 23.5 Å². The molecule has 0 radical (unpaired) electrons. The summed E-state index contributed by atoms with van der Waals surface area (Å²) in [6.45, 7) is 7.09. The zero-order valence-electron chi connectivity index (χ0n) is 13.5. The minimum absolute atomic E-state index is 0.285. The molecule has 0 aliphatic heterocycles. The van der Waals surface area contributed by atoms with Crippen LogP contribution in [0.25, 0.3) is 0 Å². The van der Waals surface area contributed by atoms with Crippen molar-refractivity contribution in [3.8, 4) is 5.75 Å². The molecular weight excluding hydrogens is 371 g/mol. The molecule has 126 valence electrons. The first-order valence-corrected chi connectivity index (χ1v) is 9.65. The third-order valence-electron chi connectivity index (χ3n) is 2.74. The van der Waals surface area contributed by atoms with Gasteiger partial charge in [-0.15, -0.1) is 0 Å². The van der Waals surface area contributed by atoms with Crippen molar-refractivity contribution in [2.45, 2.75) is 50.6 Å². The number of alkyl halides is 1. The van der Waals surface area contributed by atoms with E-state index in [0.717, 1.165) is 0 Å². The number of rotatable bonds is 8. The largest absolute Gasteiger partial charge is 0.497 e. The molecule has 0 aliphatic carbocycles. The van der Waals surface area contributed by atoms with Crippen LogP contribution >= 0.6 is 23.5 Å². The van der Waals surface area contributed by atoms with E-state index in [0.29, 0.717) is 11.3 Å². The fraction of sp³-hybridized carbons (Fsp3) is 0.600. The SMILES string of the molecule is COc1ccc([C@@H](O)[C@H](Br)P(=O)(OC(C)C)OC(C)C)cc1. The quantitative estimate of drug-likeness (QED) is 0.519. The minimum atomic E-state index is -3.53. The number of aliphatic hydroxyl groups is 1. The third-order valence-corrected chi connectivity index (χ3v) is 7.06. The van der Waals surface area contributed by atoms with Gasteiger partial charge < -0.3 is 18.9 Å². The van der Waals surface area contributed by atoms with Crippen molar-refractivity contribution >= 4 is 23.5 Å². The minimum Gasteiger partial charge on any atom is -0.497 e. The van der Waals surface area contributed by atoms with E-state index in [1.165, 1.54) is 0 Å². The van der Waals surface area contributed by atoms with Crippen LogP contribution < -0.4 is 4.74 Å². The van der Waals surface area contributed by atoms with Gasteiger partial charge in [-0.2, -0.15) is 0 Å². The highest BCUT2D eigenvalue weighted by Crippen LogP contribution is 2.60. The molecule has 0 heterocycles. The first kappa shape index (κ1) is 19.7. The highest BCUT2D eigenvalue weighted by atomic mass is 79.9. The molecule has 2 atom stereocenters. The summed E-state index contributed by atoms with van der Waals surface area (Å²) in [4.78, 5) is 0. The van der Waals surface area contributed by atoms with Gasteiger partial charge in [-0.3, -0.25) is 4.57 Å². The van der Waals surface area contributed by atoms with E-state index in [1.54, 1.807) is 59.1 Å². The Morgan fingerprint density at radius 3 is 1.86 bits per heavy atom. The highest BCUT2D eigenvalue weighted by Gasteiger charge is 2.41. The van der Waals surface area contributed by atoms with E-state index in [4.69, 9.17) is 13.8 Å². The molecule has 0 aromatic heterocycles. The third kappa shape index (κ3) is 5.36. The predicted molar refractivity (Wildman–Crippen MR) is 90.7 cm³/mol. The summed E-state index contributed by atoms with van der Waals surface area (Å²) in [6.07, 6.45) is -1.60. The Balaban J connectivity index is 3.00. The lowest BCUT2D eigenvalue weighted by atomic mass is 10.1. The lowest BCUT2D eigenvalue weighted by Crippen LogP contribution is -2.20. The van der Waals surface area contributed by atoms with Gasteiger partial charge >= 0.3 is 7.60 Å². The monoisotopic (exact) mass is 394 g/mol. The summed E-state index contributed by atoms with van der Waals surface area (Å²) in [5, 5.41) is 10.5. The number of ether oxygens (including phenoxy) is 1. The zero-order valence-corrected chi connectivity index (χ0v) is 16.0. The van der Waals surface area contributed by atoms with E-state index in [9.17, 15) is 9.67 Å². The lowest BCUT2D eigenvalue weighted by Gasteiger charge is -2.29. The molecule has 5 nitrogen and oxygen atoms in total. The van der Waals surface area contributed by atoms with Gasteiger partial charge in [0.2, 0.25) is 0 Å². The summed E-state index contributed by atoms with van der Waals surface area (Å²) in [6, 6.07) is 6.89.